The third kappa shape index (κ3) is 13.0. The van der Waals surface area contributed by atoms with Crippen LogP contribution in [0.2, 0.25) is 0 Å². The van der Waals surface area contributed by atoms with Crippen molar-refractivity contribution in [1.82, 2.24) is 21.3 Å². The molecule has 1 aromatic heterocycles. The number of aliphatic hydroxyl groups is 1. The Labute approximate surface area is 287 Å². The number of anilines is 1. The minimum atomic E-state index is -4.92. The number of nitrogens with one attached hydrogen (secondary N) is 5. The van der Waals surface area contributed by atoms with Gasteiger partial charge >= 0.3 is 23.7 Å². The van der Waals surface area contributed by atoms with Gasteiger partial charge in [0.2, 0.25) is 29.5 Å². The molecule has 0 spiro atoms. The zero-order valence-corrected chi connectivity index (χ0v) is 27.8. The van der Waals surface area contributed by atoms with Crippen LogP contribution in [0.3, 0.4) is 0 Å². The zero-order chi connectivity index (χ0) is 38.8. The molecule has 2 rings (SSSR count). The lowest BCUT2D eigenvalue weighted by Gasteiger charge is -2.27. The van der Waals surface area contributed by atoms with Crippen LogP contribution >= 0.6 is 0 Å². The van der Waals surface area contributed by atoms with Crippen LogP contribution in [0.1, 0.15) is 58.9 Å². The summed E-state index contributed by atoms with van der Waals surface area (Å²) in [5.41, 5.74) is -3.47. The van der Waals surface area contributed by atoms with Crippen LogP contribution < -0.4 is 32.2 Å². The molecule has 20 heteroatoms. The molecule has 0 fully saturated rings. The fourth-order valence-corrected chi connectivity index (χ4v) is 4.77. The first-order valence-corrected chi connectivity index (χ1v) is 15.3. The number of aliphatic hydroxyl groups excluding tert-OH is 1. The fourth-order valence-electron chi connectivity index (χ4n) is 4.77. The maximum absolute atomic E-state index is 13.4. The van der Waals surface area contributed by atoms with Crippen molar-refractivity contribution < 1.29 is 66.5 Å². The van der Waals surface area contributed by atoms with Crippen molar-refractivity contribution in [3.8, 4) is 0 Å². The first-order valence-electron chi connectivity index (χ1n) is 15.3. The smallest absolute Gasteiger partial charge is 0.417 e. The van der Waals surface area contributed by atoms with Crippen LogP contribution in [0.5, 0.6) is 0 Å². The SMILES string of the molecule is CC(=O)N[C@@H](CC(C)C)C(=O)N[C@@H](CCC(=O)O)C(=O)N[C@H](C(=O)N[C@@H](CC(=O)O)C(=O)Nc1ccc2c(C(F)(F)F)cc(=O)oc2c1)[C@@H](C)O. The lowest BCUT2D eigenvalue weighted by atomic mass is 10.0. The van der Waals surface area contributed by atoms with Crippen molar-refractivity contribution in [3.63, 3.8) is 0 Å². The van der Waals surface area contributed by atoms with Crippen LogP contribution in [0.15, 0.2) is 33.5 Å². The van der Waals surface area contributed by atoms with E-state index in [1.807, 2.05) is 0 Å². The fraction of sp³-hybridized carbons (Fsp3) is 0.484. The number of hydrogen-bond donors (Lipinski definition) is 8. The molecular formula is C31H38F3N5O12. The summed E-state index contributed by atoms with van der Waals surface area (Å²) >= 11 is 0. The molecule has 2 aromatic rings. The highest BCUT2D eigenvalue weighted by Crippen LogP contribution is 2.34. The summed E-state index contributed by atoms with van der Waals surface area (Å²) in [6.45, 7) is 5.73. The van der Waals surface area contributed by atoms with Crippen LogP contribution in [0, 0.1) is 5.92 Å². The van der Waals surface area contributed by atoms with E-state index in [4.69, 9.17) is 9.52 Å². The monoisotopic (exact) mass is 729 g/mol. The topological polar surface area (TPSA) is 271 Å². The van der Waals surface area contributed by atoms with E-state index in [9.17, 15) is 61.7 Å². The number of fused-ring (bicyclic) bond motifs is 1. The number of amides is 5. The van der Waals surface area contributed by atoms with Crippen LogP contribution in [0.25, 0.3) is 11.0 Å². The molecule has 0 saturated heterocycles. The Kier molecular flexibility index (Phi) is 14.6. The van der Waals surface area contributed by atoms with Gasteiger partial charge in [0, 0.05) is 36.6 Å². The zero-order valence-electron chi connectivity index (χ0n) is 27.8. The average Bonchev–Trinajstić information content (AvgIpc) is 2.98. The number of carboxylic acid groups (broad SMARTS) is 2. The van der Waals surface area contributed by atoms with Gasteiger partial charge in [-0.05, 0) is 37.8 Å². The normalized spacial score (nSPS) is 14.4. The molecule has 1 aromatic carbocycles. The molecule has 51 heavy (non-hydrogen) atoms. The van der Waals surface area contributed by atoms with E-state index in [1.165, 1.54) is 0 Å². The summed E-state index contributed by atoms with van der Waals surface area (Å²) in [6, 6.07) is -3.52. The number of hydrogen-bond acceptors (Lipinski definition) is 10. The van der Waals surface area contributed by atoms with Gasteiger partial charge in [-0.2, -0.15) is 13.2 Å². The third-order valence-corrected chi connectivity index (χ3v) is 7.07. The van der Waals surface area contributed by atoms with Crippen molar-refractivity contribution in [2.45, 2.75) is 89.8 Å². The number of carboxylic acids is 2. The predicted octanol–water partition coefficient (Wildman–Crippen LogP) is 0.476. The average molecular weight is 730 g/mol. The number of aliphatic carboxylic acids is 2. The number of carbonyl (C=O) groups is 7. The summed E-state index contributed by atoms with van der Waals surface area (Å²) in [6.07, 6.45) is -8.66. The number of rotatable bonds is 17. The highest BCUT2D eigenvalue weighted by Gasteiger charge is 2.36. The lowest BCUT2D eigenvalue weighted by molar-refractivity contribution is -0.141. The lowest BCUT2D eigenvalue weighted by Crippen LogP contribution is -2.60. The van der Waals surface area contributed by atoms with E-state index in [0.29, 0.717) is 0 Å². The molecule has 5 atom stereocenters. The Morgan fingerprint density at radius 1 is 0.804 bits per heavy atom. The number of halogens is 3. The van der Waals surface area contributed by atoms with Gasteiger partial charge in [-0.3, -0.25) is 33.6 Å². The Balaban J connectivity index is 2.31. The summed E-state index contributed by atoms with van der Waals surface area (Å²) in [5, 5.41) is 39.5. The van der Waals surface area contributed by atoms with E-state index >= 15 is 0 Å². The minimum Gasteiger partial charge on any atom is -0.481 e. The van der Waals surface area contributed by atoms with E-state index < -0.39 is 119 Å². The van der Waals surface area contributed by atoms with Gasteiger partial charge in [0.1, 0.15) is 29.8 Å². The highest BCUT2D eigenvalue weighted by atomic mass is 19.4. The maximum Gasteiger partial charge on any atom is 0.417 e. The Morgan fingerprint density at radius 3 is 1.94 bits per heavy atom. The molecule has 8 N–H and O–H groups in total. The van der Waals surface area contributed by atoms with Gasteiger partial charge < -0.3 is 46.3 Å². The number of alkyl halides is 3. The first kappa shape index (κ1) is 41.6. The van der Waals surface area contributed by atoms with Crippen LogP contribution in [-0.4, -0.2) is 87.1 Å². The highest BCUT2D eigenvalue weighted by molar-refractivity contribution is 6.01. The summed E-state index contributed by atoms with van der Waals surface area (Å²) in [4.78, 5) is 98.7. The molecule has 1 heterocycles. The second-order valence-electron chi connectivity index (χ2n) is 11.9. The second kappa shape index (κ2) is 17.9. The Bertz CT molecular complexity index is 1710. The van der Waals surface area contributed by atoms with Gasteiger partial charge in [-0.25, -0.2) is 4.79 Å². The number of carbonyl (C=O) groups excluding carboxylic acids is 5. The van der Waals surface area contributed by atoms with Gasteiger partial charge in [0.15, 0.2) is 0 Å². The predicted molar refractivity (Wildman–Crippen MR) is 170 cm³/mol. The Hall–Kier alpha value is -5.53. The van der Waals surface area contributed by atoms with Crippen LogP contribution in [-0.2, 0) is 39.7 Å². The third-order valence-electron chi connectivity index (χ3n) is 7.07. The van der Waals surface area contributed by atoms with Crippen LogP contribution in [0.4, 0.5) is 18.9 Å². The van der Waals surface area contributed by atoms with Crippen molar-refractivity contribution in [1.29, 1.82) is 0 Å². The molecule has 0 saturated carbocycles. The molecule has 0 bridgehead atoms. The van der Waals surface area contributed by atoms with Gasteiger partial charge in [0.25, 0.3) is 0 Å². The van der Waals surface area contributed by atoms with Gasteiger partial charge in [-0.15, -0.1) is 0 Å². The van der Waals surface area contributed by atoms with E-state index in [2.05, 4.69) is 26.6 Å². The van der Waals surface area contributed by atoms with Crippen molar-refractivity contribution >= 4 is 58.1 Å². The van der Waals surface area contributed by atoms with Crippen molar-refractivity contribution in [2.75, 3.05) is 5.32 Å². The molecule has 5 amide bonds. The quantitative estimate of drug-likeness (QED) is 0.103. The first-order chi connectivity index (χ1) is 23.6. The van der Waals surface area contributed by atoms with E-state index in [0.717, 1.165) is 32.0 Å². The largest absolute Gasteiger partial charge is 0.481 e. The van der Waals surface area contributed by atoms with Gasteiger partial charge in [-0.1, -0.05) is 13.8 Å². The molecule has 0 aliphatic carbocycles. The molecule has 0 unspecified atom stereocenters. The summed E-state index contributed by atoms with van der Waals surface area (Å²) in [5.74, 6) is -8.09. The molecule has 17 nitrogen and oxygen atoms in total. The number of benzene rings is 1. The van der Waals surface area contributed by atoms with Crippen molar-refractivity contribution in [2.24, 2.45) is 5.92 Å². The van der Waals surface area contributed by atoms with Gasteiger partial charge in [0.05, 0.1) is 18.1 Å². The molecule has 0 radical (unpaired) electrons. The standard InChI is InChI=1S/C31H38F3N5O12/c1-13(2)9-20(35-15(4)41)29(49)37-19(7-8-23(42)43)27(47)39-26(14(3)40)30(50)38-21(12-24(44)45)28(48)36-16-5-6-17-18(31(32,33)34)11-25(46)51-22(17)10-16/h5-6,10-11,13-14,19-21,26,40H,7-9,12H2,1-4H3,(H,35,41)(H,36,48)(H,37,49)(H,38,50)(H,39,47)(H,42,43)(H,44,45)/t14-,19+,20+,21+,26+/m1/s1. The van der Waals surface area contributed by atoms with E-state index in [-0.39, 0.29) is 24.1 Å². The molecule has 0 aliphatic rings. The minimum absolute atomic E-state index is 0.0951. The second-order valence-corrected chi connectivity index (χ2v) is 11.9. The maximum atomic E-state index is 13.4. The molecule has 280 valence electrons. The van der Waals surface area contributed by atoms with E-state index in [1.54, 1.807) is 13.8 Å². The Morgan fingerprint density at radius 2 is 1.41 bits per heavy atom. The molecule has 0 aliphatic heterocycles. The molecular weight excluding hydrogens is 691 g/mol. The summed E-state index contributed by atoms with van der Waals surface area (Å²) < 4.78 is 45.0. The summed E-state index contributed by atoms with van der Waals surface area (Å²) in [7, 11) is 0. The van der Waals surface area contributed by atoms with Crippen molar-refractivity contribution in [3.05, 3.63) is 40.2 Å².